The molecular formula is C36H32B2N2O2. The second kappa shape index (κ2) is 13.9. The van der Waals surface area contributed by atoms with Crippen molar-refractivity contribution in [3.05, 3.63) is 133 Å². The summed E-state index contributed by atoms with van der Waals surface area (Å²) in [6, 6.07) is 46.1. The zero-order valence-corrected chi connectivity index (χ0v) is 23.5. The van der Waals surface area contributed by atoms with Gasteiger partial charge in [0.2, 0.25) is 0 Å². The highest BCUT2D eigenvalue weighted by atomic mass is 16.4. The van der Waals surface area contributed by atoms with Gasteiger partial charge in [-0.3, -0.25) is 0 Å². The molecule has 6 heteroatoms. The van der Waals surface area contributed by atoms with E-state index >= 15 is 0 Å². The lowest BCUT2D eigenvalue weighted by atomic mass is 9.72. The molecule has 0 amide bonds. The number of hydrogen-bond acceptors (Lipinski definition) is 4. The van der Waals surface area contributed by atoms with E-state index in [0.29, 0.717) is 26.3 Å². The summed E-state index contributed by atoms with van der Waals surface area (Å²) in [5, 5.41) is 11.5. The second-order valence-electron chi connectivity index (χ2n) is 10.1. The SMILES string of the molecule is [B](OCCNc1ccccc1)c1ccc2ccccc2c1-c1c([B]OCCNc2ccccc2)ccc2ccccc12. The van der Waals surface area contributed by atoms with Crippen molar-refractivity contribution < 1.29 is 9.31 Å². The fourth-order valence-corrected chi connectivity index (χ4v) is 5.25. The highest BCUT2D eigenvalue weighted by molar-refractivity contribution is 6.54. The van der Waals surface area contributed by atoms with Crippen LogP contribution in [0.15, 0.2) is 133 Å². The molecule has 4 nitrogen and oxygen atoms in total. The van der Waals surface area contributed by atoms with Crippen LogP contribution in [0.2, 0.25) is 0 Å². The highest BCUT2D eigenvalue weighted by Gasteiger charge is 2.18. The largest absolute Gasteiger partial charge is 0.432 e. The summed E-state index contributed by atoms with van der Waals surface area (Å²) in [6.07, 6.45) is 0. The van der Waals surface area contributed by atoms with Crippen molar-refractivity contribution in [3.8, 4) is 11.1 Å². The minimum absolute atomic E-state index is 0.549. The maximum atomic E-state index is 6.12. The number of fused-ring (bicyclic) bond motifs is 2. The summed E-state index contributed by atoms with van der Waals surface area (Å²) in [5.41, 5.74) is 6.51. The van der Waals surface area contributed by atoms with Gasteiger partial charge in [-0.15, -0.1) is 0 Å². The Hall–Kier alpha value is -4.51. The lowest BCUT2D eigenvalue weighted by Crippen LogP contribution is -2.27. The average molecular weight is 546 g/mol. The van der Waals surface area contributed by atoms with Crippen LogP contribution in [0, 0.1) is 0 Å². The summed E-state index contributed by atoms with van der Waals surface area (Å²) >= 11 is 0. The molecule has 2 radical (unpaired) electrons. The van der Waals surface area contributed by atoms with E-state index in [9.17, 15) is 0 Å². The van der Waals surface area contributed by atoms with Crippen molar-refractivity contribution in [1.29, 1.82) is 0 Å². The van der Waals surface area contributed by atoms with Gasteiger partial charge in [0, 0.05) is 37.7 Å². The molecule has 0 bridgehead atoms. The molecule has 6 aromatic carbocycles. The fraction of sp³-hybridized carbons (Fsp3) is 0.111. The van der Waals surface area contributed by atoms with Crippen LogP contribution in [-0.4, -0.2) is 41.3 Å². The van der Waals surface area contributed by atoms with Gasteiger partial charge in [-0.25, -0.2) is 0 Å². The Balaban J connectivity index is 1.27. The van der Waals surface area contributed by atoms with Crippen molar-refractivity contribution in [2.24, 2.45) is 0 Å². The van der Waals surface area contributed by atoms with Gasteiger partial charge < -0.3 is 19.9 Å². The predicted molar refractivity (Wildman–Crippen MR) is 179 cm³/mol. The molecular weight excluding hydrogens is 514 g/mol. The van der Waals surface area contributed by atoms with E-state index in [4.69, 9.17) is 9.31 Å². The molecule has 0 spiro atoms. The average Bonchev–Trinajstić information content (AvgIpc) is 3.05. The van der Waals surface area contributed by atoms with Gasteiger partial charge in [0.15, 0.2) is 0 Å². The topological polar surface area (TPSA) is 42.5 Å². The predicted octanol–water partition coefficient (Wildman–Crippen LogP) is 6.41. The van der Waals surface area contributed by atoms with Crippen LogP contribution in [-0.2, 0) is 9.31 Å². The molecule has 2 N–H and O–H groups in total. The normalized spacial score (nSPS) is 11.0. The van der Waals surface area contributed by atoms with E-state index < -0.39 is 0 Å². The maximum absolute atomic E-state index is 6.12. The van der Waals surface area contributed by atoms with Gasteiger partial charge in [0.1, 0.15) is 0 Å². The molecule has 0 aliphatic heterocycles. The van der Waals surface area contributed by atoms with Crippen molar-refractivity contribution >= 4 is 58.8 Å². The Kier molecular flexibility index (Phi) is 9.15. The van der Waals surface area contributed by atoms with Gasteiger partial charge in [-0.1, -0.05) is 109 Å². The molecule has 0 heterocycles. The molecule has 0 saturated carbocycles. The number of anilines is 2. The standard InChI is InChI=1S/C36H32B2N2O2/c1-3-13-29(14-4-1)39-23-25-41-37-33-21-19-27-11-7-9-17-31(27)35(33)36-32-18-10-8-12-28(32)20-22-34(36)38-42-26-24-40-30-15-5-2-6-16-30/h1-22,39-40H,23-26H2. The first kappa shape index (κ1) is 27.6. The van der Waals surface area contributed by atoms with E-state index in [-0.39, 0.29) is 0 Å². The third-order valence-electron chi connectivity index (χ3n) is 7.24. The summed E-state index contributed by atoms with van der Waals surface area (Å²) in [4.78, 5) is 0. The Morgan fingerprint density at radius 2 is 0.833 bits per heavy atom. The van der Waals surface area contributed by atoms with Crippen LogP contribution in [0.4, 0.5) is 11.4 Å². The van der Waals surface area contributed by atoms with Crippen molar-refractivity contribution in [2.45, 2.75) is 0 Å². The Bertz CT molecular complexity index is 1620. The minimum atomic E-state index is 0.549. The maximum Gasteiger partial charge on any atom is 0.330 e. The van der Waals surface area contributed by atoms with E-state index in [1.54, 1.807) is 0 Å². The Morgan fingerprint density at radius 3 is 1.29 bits per heavy atom. The number of benzene rings is 6. The van der Waals surface area contributed by atoms with Crippen molar-refractivity contribution in [3.63, 3.8) is 0 Å². The Morgan fingerprint density at radius 1 is 0.429 bits per heavy atom. The van der Waals surface area contributed by atoms with Crippen LogP contribution in [0.25, 0.3) is 32.7 Å². The molecule has 42 heavy (non-hydrogen) atoms. The monoisotopic (exact) mass is 546 g/mol. The summed E-state index contributed by atoms with van der Waals surface area (Å²) in [7, 11) is 3.79. The third-order valence-corrected chi connectivity index (χ3v) is 7.24. The first-order valence-electron chi connectivity index (χ1n) is 14.4. The van der Waals surface area contributed by atoms with E-state index in [1.165, 1.54) is 21.5 Å². The van der Waals surface area contributed by atoms with Crippen molar-refractivity contribution in [2.75, 3.05) is 36.9 Å². The molecule has 0 aliphatic carbocycles. The first-order chi connectivity index (χ1) is 20.9. The molecule has 0 unspecified atom stereocenters. The lowest BCUT2D eigenvalue weighted by molar-refractivity contribution is 0.358. The summed E-state index contributed by atoms with van der Waals surface area (Å²) < 4.78 is 12.2. The fourth-order valence-electron chi connectivity index (χ4n) is 5.25. The Labute approximate surface area is 249 Å². The van der Waals surface area contributed by atoms with Crippen LogP contribution in [0.5, 0.6) is 0 Å². The molecule has 0 saturated heterocycles. The van der Waals surface area contributed by atoms with Crippen molar-refractivity contribution in [1.82, 2.24) is 0 Å². The van der Waals surface area contributed by atoms with Gasteiger partial charge in [0.05, 0.1) is 0 Å². The quantitative estimate of drug-likeness (QED) is 0.130. The minimum Gasteiger partial charge on any atom is -0.432 e. The molecule has 0 aliphatic rings. The zero-order chi connectivity index (χ0) is 28.4. The number of nitrogens with one attached hydrogen (secondary N) is 2. The molecule has 0 fully saturated rings. The third kappa shape index (κ3) is 6.68. The van der Waals surface area contributed by atoms with Gasteiger partial charge in [0.25, 0.3) is 0 Å². The van der Waals surface area contributed by atoms with Crippen LogP contribution >= 0.6 is 0 Å². The molecule has 0 atom stereocenters. The smallest absolute Gasteiger partial charge is 0.330 e. The molecule has 6 rings (SSSR count). The van der Waals surface area contributed by atoms with Gasteiger partial charge in [-0.2, -0.15) is 0 Å². The lowest BCUT2D eigenvalue weighted by Gasteiger charge is -2.19. The van der Waals surface area contributed by atoms with E-state index in [2.05, 4.69) is 108 Å². The molecule has 204 valence electrons. The van der Waals surface area contributed by atoms with Gasteiger partial charge in [-0.05, 0) is 67.9 Å². The molecule has 0 aromatic heterocycles. The highest BCUT2D eigenvalue weighted by Crippen LogP contribution is 2.31. The van der Waals surface area contributed by atoms with E-state index in [0.717, 1.165) is 33.4 Å². The van der Waals surface area contributed by atoms with Crippen LogP contribution < -0.4 is 21.6 Å². The summed E-state index contributed by atoms with van der Waals surface area (Å²) in [5.74, 6) is 0. The van der Waals surface area contributed by atoms with Crippen LogP contribution in [0.3, 0.4) is 0 Å². The van der Waals surface area contributed by atoms with E-state index in [1.807, 2.05) is 51.4 Å². The second-order valence-corrected chi connectivity index (χ2v) is 10.1. The number of rotatable bonds is 13. The number of hydrogen-bond donors (Lipinski definition) is 2. The first-order valence-corrected chi connectivity index (χ1v) is 14.4. The van der Waals surface area contributed by atoms with Crippen LogP contribution in [0.1, 0.15) is 0 Å². The summed E-state index contributed by atoms with van der Waals surface area (Å²) in [6.45, 7) is 2.52. The van der Waals surface area contributed by atoms with Gasteiger partial charge >= 0.3 is 15.0 Å². The zero-order valence-electron chi connectivity index (χ0n) is 23.5. The molecule has 6 aromatic rings. The number of para-hydroxylation sites is 2.